The third kappa shape index (κ3) is 7.25. The minimum Gasteiger partial charge on any atom is -0.497 e. The Morgan fingerprint density at radius 1 is 1.24 bits per heavy atom. The number of aryl methyl sites for hydroxylation is 1. The van der Waals surface area contributed by atoms with Gasteiger partial charge in [-0.05, 0) is 30.7 Å². The lowest BCUT2D eigenvalue weighted by Crippen LogP contribution is -2.41. The molecule has 6 nitrogen and oxygen atoms in total. The first kappa shape index (κ1) is 21.1. The van der Waals surface area contributed by atoms with Crippen LogP contribution in [0.3, 0.4) is 0 Å². The molecule has 1 unspecified atom stereocenters. The number of aliphatic imine (C=N–C) groups is 1. The van der Waals surface area contributed by atoms with Gasteiger partial charge in [-0.1, -0.05) is 6.07 Å². The Bertz CT molecular complexity index is 673. The molecular formula is C18H27IN4O2. The predicted molar refractivity (Wildman–Crippen MR) is 112 cm³/mol. The van der Waals surface area contributed by atoms with Crippen LogP contribution < -0.4 is 20.1 Å². The molecule has 0 radical (unpaired) electrons. The summed E-state index contributed by atoms with van der Waals surface area (Å²) in [6, 6.07) is 9.68. The van der Waals surface area contributed by atoms with Gasteiger partial charge in [0, 0.05) is 39.1 Å². The van der Waals surface area contributed by atoms with E-state index >= 15 is 0 Å². The molecule has 0 aliphatic heterocycles. The van der Waals surface area contributed by atoms with Crippen molar-refractivity contribution in [1.82, 2.24) is 15.2 Å². The van der Waals surface area contributed by atoms with Gasteiger partial charge in [-0.15, -0.1) is 24.0 Å². The molecule has 138 valence electrons. The lowest BCUT2D eigenvalue weighted by Gasteiger charge is -2.18. The topological polar surface area (TPSA) is 59.8 Å². The maximum absolute atomic E-state index is 5.89. The maximum Gasteiger partial charge on any atom is 0.191 e. The van der Waals surface area contributed by atoms with Crippen molar-refractivity contribution in [3.63, 3.8) is 0 Å². The van der Waals surface area contributed by atoms with Crippen molar-refractivity contribution in [2.75, 3.05) is 20.7 Å². The van der Waals surface area contributed by atoms with E-state index in [0.717, 1.165) is 24.0 Å². The summed E-state index contributed by atoms with van der Waals surface area (Å²) in [6.45, 7) is 3.38. The van der Waals surface area contributed by atoms with Crippen LogP contribution in [0.5, 0.6) is 11.5 Å². The van der Waals surface area contributed by atoms with Crippen LogP contribution in [0.4, 0.5) is 0 Å². The first-order valence-corrected chi connectivity index (χ1v) is 7.96. The summed E-state index contributed by atoms with van der Waals surface area (Å²) < 4.78 is 13.1. The molecule has 0 bridgehead atoms. The van der Waals surface area contributed by atoms with Crippen LogP contribution in [0, 0.1) is 0 Å². The fourth-order valence-corrected chi connectivity index (χ4v) is 2.26. The van der Waals surface area contributed by atoms with Gasteiger partial charge in [0.05, 0.1) is 13.7 Å². The van der Waals surface area contributed by atoms with E-state index in [4.69, 9.17) is 9.47 Å². The molecule has 0 spiro atoms. The van der Waals surface area contributed by atoms with Gasteiger partial charge in [0.2, 0.25) is 0 Å². The van der Waals surface area contributed by atoms with Crippen LogP contribution in [0.1, 0.15) is 12.5 Å². The molecular weight excluding hydrogens is 431 g/mol. The Morgan fingerprint density at radius 3 is 2.64 bits per heavy atom. The largest absolute Gasteiger partial charge is 0.497 e. The van der Waals surface area contributed by atoms with Crippen molar-refractivity contribution in [2.24, 2.45) is 12.0 Å². The third-order valence-electron chi connectivity index (χ3n) is 3.51. The molecule has 0 aliphatic rings. The van der Waals surface area contributed by atoms with Crippen LogP contribution in [0.15, 0.2) is 47.7 Å². The zero-order valence-corrected chi connectivity index (χ0v) is 17.5. The van der Waals surface area contributed by atoms with Gasteiger partial charge in [-0.25, -0.2) is 0 Å². The number of methoxy groups -OCH3 is 1. The minimum absolute atomic E-state index is 0. The Hall–Kier alpha value is -1.90. The van der Waals surface area contributed by atoms with E-state index in [2.05, 4.69) is 27.9 Å². The van der Waals surface area contributed by atoms with Crippen LogP contribution in [-0.2, 0) is 13.6 Å². The fraction of sp³-hybridized carbons (Fsp3) is 0.389. The van der Waals surface area contributed by atoms with Crippen LogP contribution in [0.2, 0.25) is 0 Å². The quantitative estimate of drug-likeness (QED) is 0.381. The van der Waals surface area contributed by atoms with Crippen LogP contribution in [-0.4, -0.2) is 37.3 Å². The second kappa shape index (κ2) is 10.9. The molecule has 2 aromatic rings. The molecule has 2 rings (SSSR count). The molecule has 1 heterocycles. The Balaban J connectivity index is 0.00000312. The van der Waals surface area contributed by atoms with Crippen molar-refractivity contribution in [3.8, 4) is 11.5 Å². The van der Waals surface area contributed by atoms with Crippen molar-refractivity contribution in [2.45, 2.75) is 19.6 Å². The van der Waals surface area contributed by atoms with E-state index in [1.165, 1.54) is 5.56 Å². The minimum atomic E-state index is -0.00705. The SMILES string of the molecule is CN=C(NCc1ccn(C)c1)NCC(C)Oc1cccc(OC)c1.I. The van der Waals surface area contributed by atoms with E-state index in [0.29, 0.717) is 6.54 Å². The normalized spacial score (nSPS) is 12.1. The number of hydrogen-bond acceptors (Lipinski definition) is 3. The van der Waals surface area contributed by atoms with Crippen LogP contribution in [0.25, 0.3) is 0 Å². The molecule has 25 heavy (non-hydrogen) atoms. The molecule has 0 saturated carbocycles. The zero-order valence-electron chi connectivity index (χ0n) is 15.2. The lowest BCUT2D eigenvalue weighted by atomic mass is 10.3. The van der Waals surface area contributed by atoms with Gasteiger partial charge in [0.25, 0.3) is 0 Å². The van der Waals surface area contributed by atoms with E-state index in [-0.39, 0.29) is 30.1 Å². The summed E-state index contributed by atoms with van der Waals surface area (Å²) in [4.78, 5) is 4.23. The summed E-state index contributed by atoms with van der Waals surface area (Å²) >= 11 is 0. The second-order valence-corrected chi connectivity index (χ2v) is 5.60. The molecule has 1 atom stereocenters. The summed E-state index contributed by atoms with van der Waals surface area (Å²) in [7, 11) is 5.41. The lowest BCUT2D eigenvalue weighted by molar-refractivity contribution is 0.223. The predicted octanol–water partition coefficient (Wildman–Crippen LogP) is 2.78. The van der Waals surface area contributed by atoms with Crippen LogP contribution >= 0.6 is 24.0 Å². The van der Waals surface area contributed by atoms with E-state index in [9.17, 15) is 0 Å². The number of rotatable bonds is 7. The number of nitrogens with one attached hydrogen (secondary N) is 2. The van der Waals surface area contributed by atoms with Gasteiger partial charge in [-0.3, -0.25) is 4.99 Å². The number of benzene rings is 1. The molecule has 0 aliphatic carbocycles. The van der Waals surface area contributed by atoms with E-state index in [1.54, 1.807) is 14.2 Å². The number of hydrogen-bond donors (Lipinski definition) is 2. The van der Waals surface area contributed by atoms with Crippen molar-refractivity contribution < 1.29 is 9.47 Å². The van der Waals surface area contributed by atoms with Crippen molar-refractivity contribution in [1.29, 1.82) is 0 Å². The number of aromatic nitrogens is 1. The molecule has 7 heteroatoms. The number of ether oxygens (including phenoxy) is 2. The van der Waals surface area contributed by atoms with E-state index in [1.807, 2.05) is 49.0 Å². The summed E-state index contributed by atoms with van der Waals surface area (Å²) in [5, 5.41) is 6.56. The highest BCUT2D eigenvalue weighted by Crippen LogP contribution is 2.19. The number of nitrogens with zero attached hydrogens (tertiary/aromatic N) is 2. The smallest absolute Gasteiger partial charge is 0.191 e. The molecule has 1 aromatic heterocycles. The van der Waals surface area contributed by atoms with Gasteiger partial charge in [-0.2, -0.15) is 0 Å². The van der Waals surface area contributed by atoms with Gasteiger partial charge < -0.3 is 24.7 Å². The first-order valence-electron chi connectivity index (χ1n) is 7.96. The van der Waals surface area contributed by atoms with E-state index < -0.39 is 0 Å². The monoisotopic (exact) mass is 458 g/mol. The summed E-state index contributed by atoms with van der Waals surface area (Å²) in [5.41, 5.74) is 1.21. The number of guanidine groups is 1. The first-order chi connectivity index (χ1) is 11.6. The fourth-order valence-electron chi connectivity index (χ4n) is 2.26. The number of halogens is 1. The standard InChI is InChI=1S/C18H26N4O2.HI/c1-14(24-17-7-5-6-16(10-17)23-4)11-20-18(19-2)21-12-15-8-9-22(3)13-15;/h5-10,13-14H,11-12H2,1-4H3,(H2,19,20,21);1H. The average Bonchev–Trinajstić information content (AvgIpc) is 3.00. The summed E-state index contributed by atoms with van der Waals surface area (Å²) in [5.74, 6) is 2.32. The van der Waals surface area contributed by atoms with Gasteiger partial charge >= 0.3 is 0 Å². The average molecular weight is 458 g/mol. The Morgan fingerprint density at radius 2 is 2.00 bits per heavy atom. The highest BCUT2D eigenvalue weighted by Gasteiger charge is 2.07. The van der Waals surface area contributed by atoms with Crippen molar-refractivity contribution >= 4 is 29.9 Å². The van der Waals surface area contributed by atoms with Gasteiger partial charge in [0.15, 0.2) is 5.96 Å². The molecule has 1 aromatic carbocycles. The molecule has 0 amide bonds. The highest BCUT2D eigenvalue weighted by atomic mass is 127. The Labute approximate surface area is 166 Å². The van der Waals surface area contributed by atoms with Gasteiger partial charge in [0.1, 0.15) is 17.6 Å². The Kier molecular flexibility index (Phi) is 9.18. The third-order valence-corrected chi connectivity index (χ3v) is 3.51. The second-order valence-electron chi connectivity index (χ2n) is 5.60. The molecule has 0 fully saturated rings. The molecule has 2 N–H and O–H groups in total. The highest BCUT2D eigenvalue weighted by molar-refractivity contribution is 14.0. The summed E-state index contributed by atoms with van der Waals surface area (Å²) in [6.07, 6.45) is 4.10. The van der Waals surface area contributed by atoms with Crippen molar-refractivity contribution in [3.05, 3.63) is 48.3 Å². The maximum atomic E-state index is 5.89. The zero-order chi connectivity index (χ0) is 17.4. The molecule has 0 saturated heterocycles.